The van der Waals surface area contributed by atoms with Gasteiger partial charge in [-0.05, 0) is 30.2 Å². The lowest BCUT2D eigenvalue weighted by Gasteiger charge is -2.06. The summed E-state index contributed by atoms with van der Waals surface area (Å²) in [6.45, 7) is 2.00. The number of aromatic nitrogens is 1. The number of rotatable bonds is 6. The Morgan fingerprint density at radius 3 is 3.05 bits per heavy atom. The van der Waals surface area contributed by atoms with Crippen molar-refractivity contribution in [1.82, 2.24) is 10.4 Å². The van der Waals surface area contributed by atoms with Gasteiger partial charge in [0.05, 0.1) is 6.21 Å². The van der Waals surface area contributed by atoms with Gasteiger partial charge in [-0.15, -0.1) is 0 Å². The van der Waals surface area contributed by atoms with Gasteiger partial charge in [0.25, 0.3) is 5.91 Å². The lowest BCUT2D eigenvalue weighted by Crippen LogP contribution is -2.24. The molecular weight excluding hydrogens is 266 g/mol. The maximum atomic E-state index is 11.6. The molecule has 21 heavy (non-hydrogen) atoms. The third kappa shape index (κ3) is 5.06. The van der Waals surface area contributed by atoms with Crippen LogP contribution in [0.1, 0.15) is 18.1 Å². The van der Waals surface area contributed by atoms with Crippen LogP contribution in [0.4, 0.5) is 0 Å². The molecule has 0 saturated carbocycles. The molecule has 5 heteroatoms. The van der Waals surface area contributed by atoms with E-state index in [0.717, 1.165) is 12.0 Å². The third-order valence-corrected chi connectivity index (χ3v) is 2.76. The van der Waals surface area contributed by atoms with Gasteiger partial charge >= 0.3 is 0 Å². The number of carbonyl (C=O) groups excluding carboxylic acids is 1. The number of ether oxygens (including phenoxy) is 1. The molecule has 1 aromatic heterocycles. The van der Waals surface area contributed by atoms with Crippen molar-refractivity contribution in [3.63, 3.8) is 0 Å². The summed E-state index contributed by atoms with van der Waals surface area (Å²) in [5.41, 5.74) is 4.39. The molecule has 0 radical (unpaired) electrons. The van der Waals surface area contributed by atoms with Crippen molar-refractivity contribution in [2.75, 3.05) is 6.61 Å². The molecule has 1 N–H and O–H groups in total. The van der Waals surface area contributed by atoms with E-state index in [1.807, 2.05) is 30.3 Å². The van der Waals surface area contributed by atoms with Crippen LogP contribution in [-0.2, 0) is 11.2 Å². The standard InChI is InChI=1S/C16H17N3O2/c1-2-13-5-3-7-15(9-13)21-12-16(20)19-18-11-14-6-4-8-17-10-14/h3-11H,2,12H2,1H3,(H,19,20)/b18-11+. The highest BCUT2D eigenvalue weighted by Gasteiger charge is 2.01. The molecule has 0 bridgehead atoms. The molecule has 0 aliphatic heterocycles. The number of hydrogen-bond acceptors (Lipinski definition) is 4. The van der Waals surface area contributed by atoms with Gasteiger partial charge in [-0.25, -0.2) is 5.43 Å². The minimum Gasteiger partial charge on any atom is -0.484 e. The number of aryl methyl sites for hydroxylation is 1. The molecule has 0 atom stereocenters. The molecule has 108 valence electrons. The Labute approximate surface area is 123 Å². The highest BCUT2D eigenvalue weighted by Crippen LogP contribution is 2.13. The van der Waals surface area contributed by atoms with E-state index in [0.29, 0.717) is 5.75 Å². The number of hydrazone groups is 1. The number of nitrogens with zero attached hydrogens (tertiary/aromatic N) is 2. The Bertz CT molecular complexity index is 612. The Morgan fingerprint density at radius 1 is 1.38 bits per heavy atom. The Balaban J connectivity index is 1.78. The van der Waals surface area contributed by atoms with Crippen molar-refractivity contribution >= 4 is 12.1 Å². The summed E-state index contributed by atoms with van der Waals surface area (Å²) < 4.78 is 5.41. The number of hydrogen-bond donors (Lipinski definition) is 1. The van der Waals surface area contributed by atoms with Gasteiger partial charge in [0.1, 0.15) is 5.75 Å². The summed E-state index contributed by atoms with van der Waals surface area (Å²) in [4.78, 5) is 15.5. The largest absolute Gasteiger partial charge is 0.484 e. The van der Waals surface area contributed by atoms with E-state index >= 15 is 0 Å². The summed E-state index contributed by atoms with van der Waals surface area (Å²) in [6, 6.07) is 11.3. The van der Waals surface area contributed by atoms with Crippen molar-refractivity contribution in [2.24, 2.45) is 5.10 Å². The number of nitrogens with one attached hydrogen (secondary N) is 1. The van der Waals surface area contributed by atoms with Crippen molar-refractivity contribution in [3.8, 4) is 5.75 Å². The van der Waals surface area contributed by atoms with Crippen molar-refractivity contribution in [1.29, 1.82) is 0 Å². The van der Waals surface area contributed by atoms with Gasteiger partial charge in [-0.3, -0.25) is 9.78 Å². The maximum Gasteiger partial charge on any atom is 0.277 e. The Morgan fingerprint density at radius 2 is 2.29 bits per heavy atom. The fourth-order valence-electron chi connectivity index (χ4n) is 1.67. The predicted molar refractivity (Wildman–Crippen MR) is 81.3 cm³/mol. The van der Waals surface area contributed by atoms with Gasteiger partial charge in [0, 0.05) is 18.0 Å². The van der Waals surface area contributed by atoms with Crippen LogP contribution in [0.2, 0.25) is 0 Å². The average Bonchev–Trinajstić information content (AvgIpc) is 2.54. The summed E-state index contributed by atoms with van der Waals surface area (Å²) in [7, 11) is 0. The SMILES string of the molecule is CCc1cccc(OCC(=O)N/N=C/c2cccnc2)c1. The molecule has 0 aliphatic carbocycles. The first kappa shape index (κ1) is 14.7. The molecule has 0 aliphatic rings. The van der Waals surface area contributed by atoms with Crippen LogP contribution in [0.15, 0.2) is 53.9 Å². The lowest BCUT2D eigenvalue weighted by molar-refractivity contribution is -0.123. The third-order valence-electron chi connectivity index (χ3n) is 2.76. The van der Waals surface area contributed by atoms with Crippen LogP contribution in [0.25, 0.3) is 0 Å². The number of carbonyl (C=O) groups is 1. The minimum absolute atomic E-state index is 0.0719. The van der Waals surface area contributed by atoms with Gasteiger partial charge in [-0.1, -0.05) is 25.1 Å². The van der Waals surface area contributed by atoms with Gasteiger partial charge in [0.15, 0.2) is 6.61 Å². The monoisotopic (exact) mass is 283 g/mol. The number of pyridine rings is 1. The molecular formula is C16H17N3O2. The molecule has 1 aromatic carbocycles. The topological polar surface area (TPSA) is 63.6 Å². The Kier molecular flexibility index (Phi) is 5.46. The molecule has 0 spiro atoms. The molecule has 2 rings (SSSR count). The molecule has 0 fully saturated rings. The van der Waals surface area contributed by atoms with Crippen LogP contribution in [0.3, 0.4) is 0 Å². The summed E-state index contributed by atoms with van der Waals surface area (Å²) in [5.74, 6) is 0.373. The van der Waals surface area contributed by atoms with E-state index in [1.165, 1.54) is 11.8 Å². The molecule has 0 unspecified atom stereocenters. The second-order valence-corrected chi connectivity index (χ2v) is 4.37. The smallest absolute Gasteiger partial charge is 0.277 e. The van der Waals surface area contributed by atoms with E-state index in [9.17, 15) is 4.79 Å². The predicted octanol–water partition coefficient (Wildman–Crippen LogP) is 2.17. The zero-order valence-electron chi connectivity index (χ0n) is 11.8. The first-order chi connectivity index (χ1) is 10.3. The van der Waals surface area contributed by atoms with Gasteiger partial charge in [0.2, 0.25) is 0 Å². The van der Waals surface area contributed by atoms with Crippen molar-refractivity contribution in [3.05, 3.63) is 59.9 Å². The fraction of sp³-hybridized carbons (Fsp3) is 0.188. The quantitative estimate of drug-likeness (QED) is 0.653. The van der Waals surface area contributed by atoms with E-state index in [4.69, 9.17) is 4.74 Å². The molecule has 5 nitrogen and oxygen atoms in total. The van der Waals surface area contributed by atoms with Crippen LogP contribution >= 0.6 is 0 Å². The van der Waals surface area contributed by atoms with Crippen LogP contribution in [0, 0.1) is 0 Å². The Hall–Kier alpha value is -2.69. The van der Waals surface area contributed by atoms with E-state index in [2.05, 4.69) is 22.4 Å². The molecule has 1 heterocycles. The average molecular weight is 283 g/mol. The second kappa shape index (κ2) is 7.79. The summed E-state index contributed by atoms with van der Waals surface area (Å²) in [6.07, 6.45) is 5.79. The van der Waals surface area contributed by atoms with Gasteiger partial charge in [-0.2, -0.15) is 5.10 Å². The zero-order valence-corrected chi connectivity index (χ0v) is 11.8. The summed E-state index contributed by atoms with van der Waals surface area (Å²) in [5, 5.41) is 3.84. The first-order valence-electron chi connectivity index (χ1n) is 6.71. The normalized spacial score (nSPS) is 10.5. The molecule has 0 saturated heterocycles. The van der Waals surface area contributed by atoms with Crippen LogP contribution in [0.5, 0.6) is 5.75 Å². The van der Waals surface area contributed by atoms with Gasteiger partial charge < -0.3 is 4.74 Å². The lowest BCUT2D eigenvalue weighted by atomic mass is 10.2. The maximum absolute atomic E-state index is 11.6. The van der Waals surface area contributed by atoms with Crippen molar-refractivity contribution < 1.29 is 9.53 Å². The number of amides is 1. The van der Waals surface area contributed by atoms with E-state index < -0.39 is 0 Å². The minimum atomic E-state index is -0.308. The highest BCUT2D eigenvalue weighted by molar-refractivity contribution is 5.82. The first-order valence-corrected chi connectivity index (χ1v) is 6.71. The fourth-order valence-corrected chi connectivity index (χ4v) is 1.67. The van der Waals surface area contributed by atoms with E-state index in [1.54, 1.807) is 18.5 Å². The van der Waals surface area contributed by atoms with Crippen LogP contribution in [-0.4, -0.2) is 23.7 Å². The van der Waals surface area contributed by atoms with Crippen molar-refractivity contribution in [2.45, 2.75) is 13.3 Å². The zero-order chi connectivity index (χ0) is 14.9. The molecule has 2 aromatic rings. The highest BCUT2D eigenvalue weighted by atomic mass is 16.5. The van der Waals surface area contributed by atoms with Crippen LogP contribution < -0.4 is 10.2 Å². The second-order valence-electron chi connectivity index (χ2n) is 4.37. The number of benzene rings is 1. The van der Waals surface area contributed by atoms with E-state index in [-0.39, 0.29) is 12.5 Å². The molecule has 1 amide bonds. The summed E-state index contributed by atoms with van der Waals surface area (Å²) >= 11 is 0.